The van der Waals surface area contributed by atoms with Gasteiger partial charge < -0.3 is 20.7 Å². The summed E-state index contributed by atoms with van der Waals surface area (Å²) >= 11 is 0. The van der Waals surface area contributed by atoms with Gasteiger partial charge in [0.15, 0.2) is 0 Å². The molecule has 3 aromatic rings. The van der Waals surface area contributed by atoms with E-state index < -0.39 is 5.54 Å². The molecule has 3 aromatic heterocycles. The Labute approximate surface area is 229 Å². The number of amides is 1. The molecule has 4 heterocycles. The quantitative estimate of drug-likeness (QED) is 0.452. The van der Waals surface area contributed by atoms with Crippen LogP contribution in [0.4, 0.5) is 5.82 Å². The molecule has 2 aliphatic carbocycles. The second-order valence-corrected chi connectivity index (χ2v) is 12.0. The van der Waals surface area contributed by atoms with Crippen LogP contribution in [0.25, 0.3) is 5.95 Å². The lowest BCUT2D eigenvalue weighted by Gasteiger charge is -2.25. The first-order chi connectivity index (χ1) is 18.7. The number of carbonyl (C=O) groups is 1. The molecule has 39 heavy (non-hydrogen) atoms. The molecule has 3 N–H and O–H groups in total. The predicted molar refractivity (Wildman–Crippen MR) is 148 cm³/mol. The number of nitrogens with one attached hydrogen (secondary N) is 1. The van der Waals surface area contributed by atoms with Gasteiger partial charge in [-0.15, -0.1) is 0 Å². The summed E-state index contributed by atoms with van der Waals surface area (Å²) in [4.78, 5) is 28.5. The Bertz CT molecular complexity index is 1330. The van der Waals surface area contributed by atoms with Gasteiger partial charge in [0.05, 0.1) is 11.3 Å². The molecule has 10 nitrogen and oxygen atoms in total. The number of aromatic nitrogens is 5. The van der Waals surface area contributed by atoms with Crippen LogP contribution >= 0.6 is 0 Å². The summed E-state index contributed by atoms with van der Waals surface area (Å²) in [7, 11) is 0. The number of nitrogens with zero attached hydrogens (tertiary/aromatic N) is 6. The van der Waals surface area contributed by atoms with Gasteiger partial charge in [0.2, 0.25) is 11.8 Å². The van der Waals surface area contributed by atoms with E-state index in [1.54, 1.807) is 29.3 Å². The summed E-state index contributed by atoms with van der Waals surface area (Å²) in [6.45, 7) is 9.40. The number of pyridine rings is 1. The van der Waals surface area contributed by atoms with Crippen LogP contribution in [0.1, 0.15) is 68.1 Å². The van der Waals surface area contributed by atoms with Crippen molar-refractivity contribution in [3.8, 4) is 11.8 Å². The van der Waals surface area contributed by atoms with E-state index in [1.165, 1.54) is 25.7 Å². The fourth-order valence-corrected chi connectivity index (χ4v) is 6.12. The summed E-state index contributed by atoms with van der Waals surface area (Å²) < 4.78 is 7.98. The van der Waals surface area contributed by atoms with Crippen LogP contribution < -0.4 is 15.8 Å². The molecule has 0 radical (unpaired) electrons. The first-order valence-corrected chi connectivity index (χ1v) is 14.0. The van der Waals surface area contributed by atoms with Crippen molar-refractivity contribution in [2.75, 3.05) is 18.4 Å². The average Bonchev–Trinajstić information content (AvgIpc) is 3.43. The average molecular weight is 531 g/mol. The number of hydrogen-bond acceptors (Lipinski definition) is 8. The van der Waals surface area contributed by atoms with Gasteiger partial charge >= 0.3 is 0 Å². The first kappa shape index (κ1) is 25.7. The molecule has 2 saturated carbocycles. The van der Waals surface area contributed by atoms with Gasteiger partial charge in [0.25, 0.3) is 5.91 Å². The van der Waals surface area contributed by atoms with E-state index in [0.29, 0.717) is 60.0 Å². The van der Waals surface area contributed by atoms with Gasteiger partial charge in [-0.1, -0.05) is 12.8 Å². The number of rotatable bonds is 8. The molecule has 1 aliphatic heterocycles. The Morgan fingerprint density at radius 1 is 1.15 bits per heavy atom. The van der Waals surface area contributed by atoms with E-state index in [2.05, 4.69) is 33.4 Å². The first-order valence-electron chi connectivity index (χ1n) is 14.0. The van der Waals surface area contributed by atoms with Gasteiger partial charge in [-0.25, -0.2) is 14.6 Å². The smallest absolute Gasteiger partial charge is 0.257 e. The van der Waals surface area contributed by atoms with Gasteiger partial charge in [-0.2, -0.15) is 10.1 Å². The molecule has 0 spiro atoms. The van der Waals surface area contributed by atoms with Crippen molar-refractivity contribution in [2.24, 2.45) is 23.5 Å². The van der Waals surface area contributed by atoms with E-state index in [1.807, 2.05) is 31.7 Å². The van der Waals surface area contributed by atoms with E-state index in [4.69, 9.17) is 15.5 Å². The highest BCUT2D eigenvalue weighted by molar-refractivity contribution is 5.95. The third-order valence-electron chi connectivity index (χ3n) is 8.57. The Kier molecular flexibility index (Phi) is 6.53. The van der Waals surface area contributed by atoms with Crippen LogP contribution in [0.2, 0.25) is 0 Å². The summed E-state index contributed by atoms with van der Waals surface area (Å²) in [6, 6.07) is 6.11. The molecule has 0 bridgehead atoms. The van der Waals surface area contributed by atoms with Gasteiger partial charge in [-0.3, -0.25) is 4.79 Å². The van der Waals surface area contributed by atoms with Gasteiger partial charge in [-0.05, 0) is 64.2 Å². The Morgan fingerprint density at radius 3 is 2.51 bits per heavy atom. The Hall–Kier alpha value is -3.53. The van der Waals surface area contributed by atoms with Crippen LogP contribution in [-0.4, -0.2) is 60.8 Å². The van der Waals surface area contributed by atoms with Crippen molar-refractivity contribution >= 4 is 11.7 Å². The highest BCUT2D eigenvalue weighted by Gasteiger charge is 2.59. The molecule has 1 saturated heterocycles. The highest BCUT2D eigenvalue weighted by atomic mass is 16.5. The number of fused-ring (bicyclic) bond motifs is 1. The molecule has 3 aliphatic rings. The van der Waals surface area contributed by atoms with Crippen molar-refractivity contribution < 1.29 is 9.53 Å². The monoisotopic (exact) mass is 530 g/mol. The lowest BCUT2D eigenvalue weighted by Crippen LogP contribution is -2.33. The molecule has 4 atom stereocenters. The van der Waals surface area contributed by atoms with Gasteiger partial charge in [0, 0.05) is 61.2 Å². The summed E-state index contributed by atoms with van der Waals surface area (Å²) in [5, 5.41) is 8.07. The zero-order valence-electron chi connectivity index (χ0n) is 23.2. The lowest BCUT2D eigenvalue weighted by atomic mass is 9.96. The third-order valence-corrected chi connectivity index (χ3v) is 8.57. The second-order valence-electron chi connectivity index (χ2n) is 12.0. The molecule has 0 aromatic carbocycles. The maximum absolute atomic E-state index is 13.3. The number of piperidine rings is 1. The number of carbonyl (C=O) groups excluding carboxylic acids is 1. The van der Waals surface area contributed by atoms with Crippen molar-refractivity contribution in [3.05, 3.63) is 53.6 Å². The fourth-order valence-electron chi connectivity index (χ4n) is 6.12. The number of hydrogen-bond donors (Lipinski definition) is 2. The summed E-state index contributed by atoms with van der Waals surface area (Å²) in [6.07, 6.45) is 10.2. The predicted octanol–water partition coefficient (Wildman–Crippen LogP) is 3.70. The zero-order chi connectivity index (χ0) is 27.3. The zero-order valence-corrected chi connectivity index (χ0v) is 23.2. The van der Waals surface area contributed by atoms with Crippen molar-refractivity contribution in [3.63, 3.8) is 0 Å². The number of ether oxygens (including phenoxy) is 1. The Balaban J connectivity index is 1.11. The van der Waals surface area contributed by atoms with E-state index in [0.717, 1.165) is 11.4 Å². The topological polar surface area (TPSA) is 124 Å². The minimum absolute atomic E-state index is 0.0157. The van der Waals surface area contributed by atoms with Gasteiger partial charge in [0.1, 0.15) is 11.9 Å². The second kappa shape index (κ2) is 9.89. The van der Waals surface area contributed by atoms with Crippen LogP contribution in [0.5, 0.6) is 5.88 Å². The number of anilines is 1. The number of nitrogens with two attached hydrogens (primary N) is 1. The summed E-state index contributed by atoms with van der Waals surface area (Å²) in [5.41, 5.74) is 8.20. The Morgan fingerprint density at radius 2 is 1.85 bits per heavy atom. The maximum Gasteiger partial charge on any atom is 0.257 e. The van der Waals surface area contributed by atoms with Crippen LogP contribution in [0, 0.1) is 24.7 Å². The molecule has 10 heteroatoms. The van der Waals surface area contributed by atoms with Crippen molar-refractivity contribution in [1.82, 2.24) is 29.6 Å². The van der Waals surface area contributed by atoms with E-state index in [9.17, 15) is 4.79 Å². The number of aryl methyl sites for hydroxylation is 1. The summed E-state index contributed by atoms with van der Waals surface area (Å²) in [5.74, 6) is 3.12. The van der Waals surface area contributed by atoms with Crippen LogP contribution in [-0.2, 0) is 5.54 Å². The van der Waals surface area contributed by atoms with Crippen LogP contribution in [0.15, 0.2) is 36.8 Å². The van der Waals surface area contributed by atoms with E-state index in [-0.39, 0.29) is 12.0 Å². The molecule has 1 amide bonds. The van der Waals surface area contributed by atoms with Crippen molar-refractivity contribution in [2.45, 2.75) is 71.1 Å². The molecule has 206 valence electrons. The van der Waals surface area contributed by atoms with Crippen LogP contribution in [0.3, 0.4) is 0 Å². The molecular formula is C29H38N8O2. The largest absolute Gasteiger partial charge is 0.474 e. The third kappa shape index (κ3) is 5.22. The fraction of sp³-hybridized carbons (Fsp3) is 0.552. The minimum atomic E-state index is -0.510. The highest BCUT2D eigenvalue weighted by Crippen LogP contribution is 2.48. The minimum Gasteiger partial charge on any atom is -0.474 e. The molecule has 3 fully saturated rings. The standard InChI is InChI=1S/C29H38N8O2/c1-17(19-8-5-6-9-19)33-24-12-20(29(3,4)30)13-25(34-24)39-26-22-14-36(15-23(22)26)27(38)21-16-37(35-18(21)2)28-31-10-7-11-32-28/h7,10-13,16-17,19,22-23,26H,5-6,8-9,14-15,30H2,1-4H3,(H,33,34)/t17?,22-,23+,26-. The molecule has 6 rings (SSSR count). The normalized spacial score (nSPS) is 23.5. The molecular weight excluding hydrogens is 492 g/mol. The van der Waals surface area contributed by atoms with Crippen molar-refractivity contribution in [1.29, 1.82) is 0 Å². The SMILES string of the molecule is Cc1nn(-c2ncccn2)cc1C(=O)N1C[C@@H]2[C@H](C1)[C@@H]2Oc1cc(C(C)(C)N)cc(NC(C)C2CCCC2)n1. The maximum atomic E-state index is 13.3. The number of likely N-dealkylation sites (tertiary alicyclic amines) is 1. The van der Waals surface area contributed by atoms with E-state index >= 15 is 0 Å². The molecule has 1 unspecified atom stereocenters. The lowest BCUT2D eigenvalue weighted by molar-refractivity contribution is 0.0751.